The summed E-state index contributed by atoms with van der Waals surface area (Å²) >= 11 is 0. The Morgan fingerprint density at radius 3 is 2.89 bits per heavy atom. The molecule has 1 saturated heterocycles. The van der Waals surface area contributed by atoms with Gasteiger partial charge in [0.2, 0.25) is 0 Å². The molecule has 1 aliphatic heterocycles. The zero-order valence-electron chi connectivity index (χ0n) is 5.67. The lowest BCUT2D eigenvalue weighted by atomic mass is 10.1. The molecule has 0 bridgehead atoms. The van der Waals surface area contributed by atoms with Crippen molar-refractivity contribution in [1.82, 2.24) is 0 Å². The Morgan fingerprint density at radius 1 is 1.67 bits per heavy atom. The monoisotopic (exact) mass is 131 g/mol. The third-order valence-electron chi connectivity index (χ3n) is 1.55. The van der Waals surface area contributed by atoms with E-state index in [9.17, 15) is 0 Å². The normalized spacial score (nSPS) is 36.7. The molecule has 3 nitrogen and oxygen atoms in total. The Labute approximate surface area is 55.1 Å². The first-order valence-corrected chi connectivity index (χ1v) is 3.23. The number of nitrogens with two attached hydrogens (primary N) is 1. The topological polar surface area (TPSA) is 44.5 Å². The predicted octanol–water partition coefficient (Wildman–Crippen LogP) is 0.0966. The molecule has 1 heterocycles. The van der Waals surface area contributed by atoms with Gasteiger partial charge < -0.3 is 15.2 Å². The lowest BCUT2D eigenvalue weighted by Gasteiger charge is -2.25. The minimum Gasteiger partial charge on any atom is -0.356 e. The van der Waals surface area contributed by atoms with Crippen molar-refractivity contribution in [2.24, 2.45) is 5.73 Å². The Morgan fingerprint density at radius 2 is 2.44 bits per heavy atom. The van der Waals surface area contributed by atoms with E-state index in [4.69, 9.17) is 15.2 Å². The Hall–Kier alpha value is -0.120. The fraction of sp³-hybridized carbons (Fsp3) is 1.00. The minimum absolute atomic E-state index is 0.0613. The second-order valence-electron chi connectivity index (χ2n) is 2.32. The van der Waals surface area contributed by atoms with Crippen LogP contribution in [0.15, 0.2) is 0 Å². The maximum Gasteiger partial charge on any atom is 0.158 e. The molecule has 2 N–H and O–H groups in total. The SMILES string of the molecule is CO[C@H]1CC(N)CCO1. The van der Waals surface area contributed by atoms with Crippen LogP contribution in [0.25, 0.3) is 0 Å². The zero-order chi connectivity index (χ0) is 6.69. The lowest BCUT2D eigenvalue weighted by Crippen LogP contribution is -2.35. The van der Waals surface area contributed by atoms with Crippen LogP contribution in [0.5, 0.6) is 0 Å². The number of hydrogen-bond donors (Lipinski definition) is 1. The average molecular weight is 131 g/mol. The quantitative estimate of drug-likeness (QED) is 0.548. The summed E-state index contributed by atoms with van der Waals surface area (Å²) in [5, 5.41) is 0. The summed E-state index contributed by atoms with van der Waals surface area (Å²) in [7, 11) is 1.64. The summed E-state index contributed by atoms with van der Waals surface area (Å²) in [6, 6.07) is 0.267. The van der Waals surface area contributed by atoms with Gasteiger partial charge in [-0.1, -0.05) is 0 Å². The van der Waals surface area contributed by atoms with Crippen LogP contribution in [0.2, 0.25) is 0 Å². The fourth-order valence-corrected chi connectivity index (χ4v) is 0.948. The highest BCUT2D eigenvalue weighted by Crippen LogP contribution is 2.11. The molecular formula is C6H13NO2. The summed E-state index contributed by atoms with van der Waals surface area (Å²) in [6.45, 7) is 0.736. The molecule has 0 aliphatic carbocycles. The standard InChI is InChI=1S/C6H13NO2/c1-8-6-4-5(7)2-3-9-6/h5-6H,2-4,7H2,1H3/t5?,6-/m1/s1. The number of hydrogen-bond acceptors (Lipinski definition) is 3. The molecular weight excluding hydrogens is 118 g/mol. The average Bonchev–Trinajstić information content (AvgIpc) is 1.88. The minimum atomic E-state index is -0.0613. The van der Waals surface area contributed by atoms with E-state index in [0.29, 0.717) is 0 Å². The molecule has 54 valence electrons. The Kier molecular flexibility index (Phi) is 2.45. The first-order valence-electron chi connectivity index (χ1n) is 3.23. The highest BCUT2D eigenvalue weighted by molar-refractivity contribution is 4.67. The largest absolute Gasteiger partial charge is 0.356 e. The van der Waals surface area contributed by atoms with E-state index in [2.05, 4.69) is 0 Å². The predicted molar refractivity (Wildman–Crippen MR) is 34.0 cm³/mol. The first kappa shape index (κ1) is 6.99. The summed E-state index contributed by atoms with van der Waals surface area (Å²) in [6.07, 6.45) is 1.73. The summed E-state index contributed by atoms with van der Waals surface area (Å²) in [5.41, 5.74) is 5.64. The van der Waals surface area contributed by atoms with E-state index in [1.165, 1.54) is 0 Å². The maximum absolute atomic E-state index is 5.64. The van der Waals surface area contributed by atoms with Gasteiger partial charge in [0.25, 0.3) is 0 Å². The van der Waals surface area contributed by atoms with E-state index in [1.54, 1.807) is 7.11 Å². The number of rotatable bonds is 1. The summed E-state index contributed by atoms with van der Waals surface area (Å²) < 4.78 is 10.2. The smallest absolute Gasteiger partial charge is 0.158 e. The highest BCUT2D eigenvalue weighted by Gasteiger charge is 2.18. The zero-order valence-corrected chi connectivity index (χ0v) is 5.67. The Bertz CT molecular complexity index is 87.1. The summed E-state index contributed by atoms with van der Waals surface area (Å²) in [5.74, 6) is 0. The second-order valence-corrected chi connectivity index (χ2v) is 2.32. The molecule has 0 aromatic heterocycles. The van der Waals surface area contributed by atoms with Crippen LogP contribution in [0, 0.1) is 0 Å². The van der Waals surface area contributed by atoms with E-state index in [-0.39, 0.29) is 12.3 Å². The van der Waals surface area contributed by atoms with Crippen molar-refractivity contribution in [3.8, 4) is 0 Å². The maximum atomic E-state index is 5.64. The highest BCUT2D eigenvalue weighted by atomic mass is 16.7. The number of ether oxygens (including phenoxy) is 2. The molecule has 9 heavy (non-hydrogen) atoms. The van der Waals surface area contributed by atoms with Crippen LogP contribution >= 0.6 is 0 Å². The summed E-state index contributed by atoms with van der Waals surface area (Å²) in [4.78, 5) is 0. The van der Waals surface area contributed by atoms with Crippen molar-refractivity contribution in [3.63, 3.8) is 0 Å². The second kappa shape index (κ2) is 3.15. The molecule has 1 aliphatic rings. The molecule has 0 amide bonds. The van der Waals surface area contributed by atoms with Gasteiger partial charge in [-0.3, -0.25) is 0 Å². The molecule has 0 spiro atoms. The van der Waals surface area contributed by atoms with Gasteiger partial charge in [-0.25, -0.2) is 0 Å². The fourth-order valence-electron chi connectivity index (χ4n) is 0.948. The molecule has 0 saturated carbocycles. The van der Waals surface area contributed by atoms with Gasteiger partial charge in [-0.05, 0) is 6.42 Å². The van der Waals surface area contributed by atoms with Crippen LogP contribution in [-0.2, 0) is 9.47 Å². The molecule has 0 radical (unpaired) electrons. The van der Waals surface area contributed by atoms with Gasteiger partial charge >= 0.3 is 0 Å². The van der Waals surface area contributed by atoms with Crippen molar-refractivity contribution >= 4 is 0 Å². The van der Waals surface area contributed by atoms with Crippen LogP contribution in [0.4, 0.5) is 0 Å². The van der Waals surface area contributed by atoms with Crippen molar-refractivity contribution < 1.29 is 9.47 Å². The van der Waals surface area contributed by atoms with Crippen molar-refractivity contribution in [2.45, 2.75) is 25.2 Å². The van der Waals surface area contributed by atoms with Crippen LogP contribution in [0.1, 0.15) is 12.8 Å². The van der Waals surface area contributed by atoms with Crippen molar-refractivity contribution in [1.29, 1.82) is 0 Å². The third kappa shape index (κ3) is 1.93. The molecule has 0 aromatic rings. The molecule has 1 rings (SSSR count). The van der Waals surface area contributed by atoms with Crippen molar-refractivity contribution in [3.05, 3.63) is 0 Å². The number of methoxy groups -OCH3 is 1. The van der Waals surface area contributed by atoms with Crippen molar-refractivity contribution in [2.75, 3.05) is 13.7 Å². The van der Waals surface area contributed by atoms with Gasteiger partial charge in [0.05, 0.1) is 6.61 Å². The van der Waals surface area contributed by atoms with Gasteiger partial charge in [0, 0.05) is 19.6 Å². The lowest BCUT2D eigenvalue weighted by molar-refractivity contribution is -0.149. The van der Waals surface area contributed by atoms with Gasteiger partial charge in [-0.15, -0.1) is 0 Å². The van der Waals surface area contributed by atoms with Crippen LogP contribution in [0.3, 0.4) is 0 Å². The molecule has 0 aromatic carbocycles. The van der Waals surface area contributed by atoms with E-state index in [1.807, 2.05) is 0 Å². The van der Waals surface area contributed by atoms with Crippen LogP contribution < -0.4 is 5.73 Å². The molecule has 3 heteroatoms. The van der Waals surface area contributed by atoms with E-state index >= 15 is 0 Å². The molecule has 1 unspecified atom stereocenters. The molecule has 2 atom stereocenters. The van der Waals surface area contributed by atoms with Gasteiger partial charge in [-0.2, -0.15) is 0 Å². The van der Waals surface area contributed by atoms with Crippen LogP contribution in [-0.4, -0.2) is 26.0 Å². The first-order chi connectivity index (χ1) is 4.33. The Balaban J connectivity index is 2.23. The van der Waals surface area contributed by atoms with Gasteiger partial charge in [0.15, 0.2) is 6.29 Å². The van der Waals surface area contributed by atoms with Gasteiger partial charge in [0.1, 0.15) is 0 Å². The van der Waals surface area contributed by atoms with E-state index in [0.717, 1.165) is 19.4 Å². The third-order valence-corrected chi connectivity index (χ3v) is 1.55. The van der Waals surface area contributed by atoms with E-state index < -0.39 is 0 Å². The molecule has 1 fully saturated rings.